The zero-order valence-electron chi connectivity index (χ0n) is 15.8. The predicted octanol–water partition coefficient (Wildman–Crippen LogP) is 4.84. The van der Waals surface area contributed by atoms with E-state index in [-0.39, 0.29) is 0 Å². The van der Waals surface area contributed by atoms with Crippen LogP contribution >= 0.6 is 11.3 Å². The number of hydrogen-bond acceptors (Lipinski definition) is 6. The van der Waals surface area contributed by atoms with Gasteiger partial charge in [-0.15, -0.1) is 0 Å². The molecule has 0 radical (unpaired) electrons. The maximum atomic E-state index is 10.0. The highest BCUT2D eigenvalue weighted by molar-refractivity contribution is 7.22. The van der Waals surface area contributed by atoms with Crippen molar-refractivity contribution >= 4 is 33.0 Å². The van der Waals surface area contributed by atoms with Gasteiger partial charge < -0.3 is 9.64 Å². The summed E-state index contributed by atoms with van der Waals surface area (Å²) in [7, 11) is 3.72. The number of fused-ring (bicyclic) bond motifs is 1. The molecule has 0 aliphatic heterocycles. The fraction of sp³-hybridized carbons (Fsp3) is 0.136. The highest BCUT2D eigenvalue weighted by Gasteiger charge is 2.09. The van der Waals surface area contributed by atoms with Crippen LogP contribution in [0.2, 0.25) is 0 Å². The van der Waals surface area contributed by atoms with Crippen molar-refractivity contribution in [2.24, 2.45) is 0 Å². The topological polar surface area (TPSA) is 55.3 Å². The van der Waals surface area contributed by atoms with Gasteiger partial charge in [0, 0.05) is 31.5 Å². The Morgan fingerprint density at radius 2 is 1.93 bits per heavy atom. The summed E-state index contributed by atoms with van der Waals surface area (Å²) in [5.41, 5.74) is 2.91. The van der Waals surface area contributed by atoms with E-state index in [0.29, 0.717) is 0 Å². The molecule has 0 amide bonds. The Morgan fingerprint density at radius 3 is 2.57 bits per heavy atom. The average molecular weight is 391 g/mol. The Labute approximate surface area is 168 Å². The first kappa shape index (κ1) is 19.5. The van der Waals surface area contributed by atoms with Gasteiger partial charge in [0.25, 0.3) is 0 Å². The minimum Gasteiger partial charge on any atom is -0.497 e. The van der Waals surface area contributed by atoms with E-state index in [0.717, 1.165) is 39.5 Å². The van der Waals surface area contributed by atoms with Crippen molar-refractivity contribution in [3.63, 3.8) is 0 Å². The summed E-state index contributed by atoms with van der Waals surface area (Å²) in [5, 5.41) is 0.997. The smallest absolute Gasteiger partial charge is 0.186 e. The third kappa shape index (κ3) is 5.14. The van der Waals surface area contributed by atoms with Crippen LogP contribution in [0.3, 0.4) is 0 Å². The van der Waals surface area contributed by atoms with E-state index >= 15 is 0 Å². The number of pyridine rings is 1. The van der Waals surface area contributed by atoms with E-state index in [2.05, 4.69) is 20.9 Å². The molecule has 2 heterocycles. The lowest BCUT2D eigenvalue weighted by Gasteiger charge is -2.14. The zero-order valence-corrected chi connectivity index (χ0v) is 16.6. The van der Waals surface area contributed by atoms with Gasteiger partial charge in [-0.1, -0.05) is 47.7 Å². The van der Waals surface area contributed by atoms with Crippen molar-refractivity contribution in [1.29, 1.82) is 0 Å². The maximum absolute atomic E-state index is 10.0. The highest BCUT2D eigenvalue weighted by Crippen LogP contribution is 2.31. The minimum absolute atomic E-state index is 0.729. The Balaban J connectivity index is 0.000000236. The Bertz CT molecular complexity index is 1020. The third-order valence-electron chi connectivity index (χ3n) is 3.99. The molecule has 4 rings (SSSR count). The lowest BCUT2D eigenvalue weighted by Crippen LogP contribution is -2.15. The molecule has 2 aromatic heterocycles. The van der Waals surface area contributed by atoms with Crippen LogP contribution in [0.15, 0.2) is 73.1 Å². The van der Waals surface area contributed by atoms with Crippen LogP contribution in [0, 0.1) is 0 Å². The number of benzene rings is 2. The zero-order chi connectivity index (χ0) is 19.8. The SMILES string of the molecule is COc1ccc2nc(N(C)Cc3cccnc3)sc2c1.O=Cc1ccccc1. The van der Waals surface area contributed by atoms with Gasteiger partial charge in [0.15, 0.2) is 5.13 Å². The molecule has 4 aromatic rings. The first-order valence-corrected chi connectivity index (χ1v) is 9.56. The summed E-state index contributed by atoms with van der Waals surface area (Å²) in [6.07, 6.45) is 4.50. The Morgan fingerprint density at radius 1 is 1.11 bits per heavy atom. The van der Waals surface area contributed by atoms with E-state index in [1.807, 2.05) is 55.7 Å². The van der Waals surface area contributed by atoms with Gasteiger partial charge in [-0.25, -0.2) is 4.98 Å². The van der Waals surface area contributed by atoms with E-state index < -0.39 is 0 Å². The number of aromatic nitrogens is 2. The number of hydrogen-bond donors (Lipinski definition) is 0. The van der Waals surface area contributed by atoms with Crippen LogP contribution in [-0.4, -0.2) is 30.4 Å². The second kappa shape index (κ2) is 9.62. The monoisotopic (exact) mass is 391 g/mol. The van der Waals surface area contributed by atoms with Crippen LogP contribution in [0.1, 0.15) is 15.9 Å². The summed E-state index contributed by atoms with van der Waals surface area (Å²) in [4.78, 5) is 20.9. The number of rotatable bonds is 5. The van der Waals surface area contributed by atoms with Crippen molar-refractivity contribution in [2.45, 2.75) is 6.54 Å². The van der Waals surface area contributed by atoms with Crippen molar-refractivity contribution in [1.82, 2.24) is 9.97 Å². The first-order chi connectivity index (χ1) is 13.7. The summed E-state index contributed by atoms with van der Waals surface area (Å²) in [6.45, 7) is 0.796. The average Bonchev–Trinajstić information content (AvgIpc) is 3.19. The van der Waals surface area contributed by atoms with Gasteiger partial charge in [-0.2, -0.15) is 0 Å². The molecule has 0 atom stereocenters. The van der Waals surface area contributed by atoms with E-state index in [4.69, 9.17) is 4.74 Å². The minimum atomic E-state index is 0.729. The van der Waals surface area contributed by atoms with E-state index in [9.17, 15) is 4.79 Å². The van der Waals surface area contributed by atoms with Gasteiger partial charge in [0.2, 0.25) is 0 Å². The third-order valence-corrected chi connectivity index (χ3v) is 5.12. The first-order valence-electron chi connectivity index (χ1n) is 8.74. The summed E-state index contributed by atoms with van der Waals surface area (Å²) in [5.74, 6) is 0.864. The lowest BCUT2D eigenvalue weighted by atomic mass is 10.2. The summed E-state index contributed by atoms with van der Waals surface area (Å²) >= 11 is 1.67. The van der Waals surface area contributed by atoms with Crippen LogP contribution in [0.25, 0.3) is 10.2 Å². The summed E-state index contributed by atoms with van der Waals surface area (Å²) < 4.78 is 6.38. The normalized spacial score (nSPS) is 10.1. The predicted molar refractivity (Wildman–Crippen MR) is 114 cm³/mol. The molecule has 0 bridgehead atoms. The molecule has 0 N–H and O–H groups in total. The molecule has 28 heavy (non-hydrogen) atoms. The number of thiazole rings is 1. The molecular formula is C22H21N3O2S. The molecule has 0 fully saturated rings. The second-order valence-electron chi connectivity index (χ2n) is 6.08. The Hall–Kier alpha value is -3.25. The van der Waals surface area contributed by atoms with Gasteiger partial charge in [0.1, 0.15) is 12.0 Å². The Kier molecular flexibility index (Phi) is 6.70. The molecular weight excluding hydrogens is 370 g/mol. The van der Waals surface area contributed by atoms with Crippen LogP contribution < -0.4 is 9.64 Å². The van der Waals surface area contributed by atoms with Gasteiger partial charge in [0.05, 0.1) is 17.3 Å². The standard InChI is InChI=1S/C15H15N3OS.C7H6O/c1-18(10-11-4-3-7-16-9-11)15-17-13-6-5-12(19-2)8-14(13)20-15;8-6-7-4-2-1-3-5-7/h3-9H,10H2,1-2H3;1-6H. The number of aldehydes is 1. The quantitative estimate of drug-likeness (QED) is 0.456. The molecule has 0 saturated carbocycles. The number of methoxy groups -OCH3 is 1. The van der Waals surface area contributed by atoms with Gasteiger partial charge >= 0.3 is 0 Å². The molecule has 6 heteroatoms. The molecule has 0 saturated heterocycles. The molecule has 5 nitrogen and oxygen atoms in total. The largest absolute Gasteiger partial charge is 0.497 e. The highest BCUT2D eigenvalue weighted by atomic mass is 32.1. The van der Waals surface area contributed by atoms with Crippen LogP contribution in [0.5, 0.6) is 5.75 Å². The molecule has 0 aliphatic carbocycles. The number of carbonyl (C=O) groups excluding carboxylic acids is 1. The van der Waals surface area contributed by atoms with E-state index in [1.165, 1.54) is 5.56 Å². The number of anilines is 1. The van der Waals surface area contributed by atoms with Crippen LogP contribution in [-0.2, 0) is 6.54 Å². The molecule has 2 aromatic carbocycles. The summed E-state index contributed by atoms with van der Waals surface area (Å²) in [6, 6.07) is 19.1. The molecule has 0 aliphatic rings. The van der Waals surface area contributed by atoms with Crippen molar-refractivity contribution in [3.05, 3.63) is 84.2 Å². The second-order valence-corrected chi connectivity index (χ2v) is 7.09. The van der Waals surface area contributed by atoms with Crippen molar-refractivity contribution in [2.75, 3.05) is 19.1 Å². The molecule has 0 unspecified atom stereocenters. The lowest BCUT2D eigenvalue weighted by molar-refractivity contribution is 0.112. The van der Waals surface area contributed by atoms with Crippen LogP contribution in [0.4, 0.5) is 5.13 Å². The fourth-order valence-corrected chi connectivity index (χ4v) is 3.50. The van der Waals surface area contributed by atoms with Gasteiger partial charge in [-0.05, 0) is 29.8 Å². The van der Waals surface area contributed by atoms with Crippen molar-refractivity contribution in [3.8, 4) is 5.75 Å². The molecule has 0 spiro atoms. The van der Waals surface area contributed by atoms with Crippen molar-refractivity contribution < 1.29 is 9.53 Å². The number of carbonyl (C=O) groups is 1. The maximum Gasteiger partial charge on any atom is 0.186 e. The van der Waals surface area contributed by atoms with Gasteiger partial charge in [-0.3, -0.25) is 9.78 Å². The fourth-order valence-electron chi connectivity index (χ4n) is 2.55. The number of nitrogens with zero attached hydrogens (tertiary/aromatic N) is 3. The number of ether oxygens (including phenoxy) is 1. The molecule has 142 valence electrons. The van der Waals surface area contributed by atoms with E-state index in [1.54, 1.807) is 36.8 Å².